The number of halogens is 3. The molecule has 0 saturated carbocycles. The SMILES string of the molecule is CCOC(=O)[C@H]1C[C@H](C)CCN1C(=O)[C@H](CC1=CCCN(C(=NC(=O)OC(C)(C)C)NC(=O)OC(C)(C)C)C1)NS(=O)(=O)c1ccc2c(c1)CN(C(=O)C(F)(F)F)CC2. The third-order valence-electron chi connectivity index (χ3n) is 9.53. The average molecular weight is 857 g/mol. The zero-order valence-electron chi connectivity index (χ0n) is 34.7. The largest absolute Gasteiger partial charge is 0.471 e. The minimum atomic E-state index is -5.11. The van der Waals surface area contributed by atoms with Gasteiger partial charge in [0.15, 0.2) is 0 Å². The van der Waals surface area contributed by atoms with Crippen LogP contribution in [-0.2, 0) is 51.6 Å². The van der Waals surface area contributed by atoms with E-state index in [2.05, 4.69) is 15.0 Å². The highest BCUT2D eigenvalue weighted by molar-refractivity contribution is 7.89. The molecule has 4 amide bonds. The zero-order valence-corrected chi connectivity index (χ0v) is 35.5. The van der Waals surface area contributed by atoms with E-state index in [0.29, 0.717) is 28.9 Å². The van der Waals surface area contributed by atoms with Crippen LogP contribution in [0.15, 0.2) is 39.7 Å². The first-order valence-corrected chi connectivity index (χ1v) is 21.0. The summed E-state index contributed by atoms with van der Waals surface area (Å²) in [6.45, 7) is 13.2. The maximum atomic E-state index is 14.6. The smallest absolute Gasteiger partial charge is 0.464 e. The fourth-order valence-corrected chi connectivity index (χ4v) is 8.14. The number of carbonyl (C=O) groups excluding carboxylic acids is 5. The molecule has 4 rings (SSSR count). The van der Waals surface area contributed by atoms with Gasteiger partial charge in [-0.15, -0.1) is 4.99 Å². The second-order valence-electron chi connectivity index (χ2n) is 16.8. The molecule has 0 aromatic heterocycles. The summed E-state index contributed by atoms with van der Waals surface area (Å²) in [6.07, 6.45) is -4.27. The van der Waals surface area contributed by atoms with Gasteiger partial charge in [-0.3, -0.25) is 14.9 Å². The number of alkyl carbamates (subject to hydrolysis) is 1. The van der Waals surface area contributed by atoms with E-state index in [1.807, 2.05) is 6.92 Å². The van der Waals surface area contributed by atoms with Gasteiger partial charge in [0.1, 0.15) is 23.3 Å². The molecule has 3 atom stereocenters. The number of ether oxygens (including phenoxy) is 3. The molecule has 1 saturated heterocycles. The number of guanidine groups is 1. The number of aliphatic imine (C=N–C) groups is 1. The highest BCUT2D eigenvalue weighted by atomic mass is 32.2. The molecule has 0 bridgehead atoms. The Morgan fingerprint density at radius 3 is 2.24 bits per heavy atom. The van der Waals surface area contributed by atoms with Crippen LogP contribution in [0, 0.1) is 5.92 Å². The maximum Gasteiger partial charge on any atom is 0.471 e. The molecular weight excluding hydrogens is 802 g/mol. The van der Waals surface area contributed by atoms with Gasteiger partial charge in [0.05, 0.1) is 11.5 Å². The minimum absolute atomic E-state index is 0.0385. The highest BCUT2D eigenvalue weighted by Crippen LogP contribution is 2.29. The number of esters is 1. The fraction of sp³-hybridized carbons (Fsp3) is 0.641. The Balaban J connectivity index is 1.69. The quantitative estimate of drug-likeness (QED) is 0.120. The first kappa shape index (κ1) is 47.0. The Kier molecular flexibility index (Phi) is 14.9. The number of nitrogens with zero attached hydrogens (tertiary/aromatic N) is 4. The summed E-state index contributed by atoms with van der Waals surface area (Å²) >= 11 is 0. The number of carbonyl (C=O) groups is 5. The Hall–Kier alpha value is -4.72. The molecule has 2 N–H and O–H groups in total. The number of hydrogen-bond donors (Lipinski definition) is 2. The van der Waals surface area contributed by atoms with Crippen molar-refractivity contribution in [3.63, 3.8) is 0 Å². The molecule has 0 aliphatic carbocycles. The molecule has 328 valence electrons. The lowest BCUT2D eigenvalue weighted by Gasteiger charge is -2.39. The molecule has 0 unspecified atom stereocenters. The van der Waals surface area contributed by atoms with Crippen molar-refractivity contribution in [3.05, 3.63) is 41.0 Å². The van der Waals surface area contributed by atoms with Gasteiger partial charge in [-0.25, -0.2) is 22.8 Å². The molecule has 1 aromatic carbocycles. The standard InChI is InChI=1S/C39H55F3N6O10S/c1-9-56-32(50)30-19-24(2)14-18-48(30)31(49)29(45-59(54,55)28-13-12-26-15-17-46(23-27(26)21-28)33(51)39(40,41)42)20-25-11-10-16-47(22-25)34(43-35(52)57-37(3,4)5)44-36(53)58-38(6,7)8/h11-13,21,24,29-30,45H,9-10,14-20,22-23H2,1-8H3,(H,43,44,52,53)/t24-,29+,30-/m1/s1. The van der Waals surface area contributed by atoms with E-state index in [1.54, 1.807) is 59.4 Å². The van der Waals surface area contributed by atoms with Crippen LogP contribution in [0.1, 0.15) is 92.2 Å². The second kappa shape index (κ2) is 18.7. The van der Waals surface area contributed by atoms with Crippen molar-refractivity contribution in [2.45, 2.75) is 128 Å². The maximum absolute atomic E-state index is 14.6. The Morgan fingerprint density at radius 2 is 1.61 bits per heavy atom. The lowest BCUT2D eigenvalue weighted by atomic mass is 9.91. The summed E-state index contributed by atoms with van der Waals surface area (Å²) in [5.41, 5.74) is -0.540. The van der Waals surface area contributed by atoms with Crippen molar-refractivity contribution >= 4 is 46.0 Å². The van der Waals surface area contributed by atoms with Crippen LogP contribution >= 0.6 is 0 Å². The molecule has 3 aliphatic rings. The van der Waals surface area contributed by atoms with E-state index in [0.717, 1.165) is 0 Å². The van der Waals surface area contributed by atoms with Gasteiger partial charge >= 0.3 is 30.2 Å². The number of sulfonamides is 1. The van der Waals surface area contributed by atoms with Gasteiger partial charge in [-0.05, 0) is 110 Å². The van der Waals surface area contributed by atoms with Gasteiger partial charge in [0.2, 0.25) is 21.9 Å². The van der Waals surface area contributed by atoms with Crippen molar-refractivity contribution in [3.8, 4) is 0 Å². The van der Waals surface area contributed by atoms with E-state index < -0.39 is 76.0 Å². The predicted molar refractivity (Wildman–Crippen MR) is 208 cm³/mol. The normalized spacial score (nSPS) is 19.9. The van der Waals surface area contributed by atoms with Gasteiger partial charge < -0.3 is 28.9 Å². The lowest BCUT2D eigenvalue weighted by Crippen LogP contribution is -2.57. The first-order valence-electron chi connectivity index (χ1n) is 19.5. The van der Waals surface area contributed by atoms with Crippen molar-refractivity contribution in [1.29, 1.82) is 0 Å². The lowest BCUT2D eigenvalue weighted by molar-refractivity contribution is -0.186. The van der Waals surface area contributed by atoms with Crippen LogP contribution in [0.2, 0.25) is 0 Å². The Morgan fingerprint density at radius 1 is 0.932 bits per heavy atom. The molecule has 1 aromatic rings. The van der Waals surface area contributed by atoms with Crippen LogP contribution in [0.4, 0.5) is 22.8 Å². The van der Waals surface area contributed by atoms with Crippen molar-refractivity contribution in [2.24, 2.45) is 10.9 Å². The zero-order chi connectivity index (χ0) is 44.1. The van der Waals surface area contributed by atoms with Crippen molar-refractivity contribution < 1.29 is 59.8 Å². The summed E-state index contributed by atoms with van der Waals surface area (Å²) in [4.78, 5) is 72.6. The summed E-state index contributed by atoms with van der Waals surface area (Å²) in [7, 11) is -4.59. The fourth-order valence-electron chi connectivity index (χ4n) is 6.90. The van der Waals surface area contributed by atoms with Crippen LogP contribution < -0.4 is 10.0 Å². The van der Waals surface area contributed by atoms with E-state index in [9.17, 15) is 45.6 Å². The molecule has 59 heavy (non-hydrogen) atoms. The number of benzene rings is 1. The van der Waals surface area contributed by atoms with Gasteiger partial charge in [0.25, 0.3) is 0 Å². The topological polar surface area (TPSA) is 193 Å². The first-order chi connectivity index (χ1) is 27.3. The summed E-state index contributed by atoms with van der Waals surface area (Å²) in [6, 6.07) is 1.41. The predicted octanol–water partition coefficient (Wildman–Crippen LogP) is 4.81. The Bertz CT molecular complexity index is 1940. The highest BCUT2D eigenvalue weighted by Gasteiger charge is 2.44. The van der Waals surface area contributed by atoms with Crippen molar-refractivity contribution in [1.82, 2.24) is 24.7 Å². The third-order valence-corrected chi connectivity index (χ3v) is 11.0. The van der Waals surface area contributed by atoms with Crippen LogP contribution in [-0.4, -0.2) is 121 Å². The van der Waals surface area contributed by atoms with E-state index in [1.165, 1.54) is 23.1 Å². The second-order valence-corrected chi connectivity index (χ2v) is 18.5. The molecule has 3 aliphatic heterocycles. The molecule has 0 radical (unpaired) electrons. The van der Waals surface area contributed by atoms with Gasteiger partial charge in [0, 0.05) is 32.7 Å². The number of amides is 4. The number of likely N-dealkylation sites (tertiary alicyclic amines) is 1. The van der Waals surface area contributed by atoms with Crippen molar-refractivity contribution in [2.75, 3.05) is 32.8 Å². The van der Waals surface area contributed by atoms with Crippen LogP contribution in [0.5, 0.6) is 0 Å². The van der Waals surface area contributed by atoms with Crippen LogP contribution in [0.25, 0.3) is 0 Å². The summed E-state index contributed by atoms with van der Waals surface area (Å²) < 4.78 is 86.6. The van der Waals surface area contributed by atoms with E-state index >= 15 is 0 Å². The van der Waals surface area contributed by atoms with Gasteiger partial charge in [-0.1, -0.05) is 24.6 Å². The molecule has 3 heterocycles. The van der Waals surface area contributed by atoms with E-state index in [-0.39, 0.29) is 74.4 Å². The van der Waals surface area contributed by atoms with Gasteiger partial charge in [-0.2, -0.15) is 17.9 Å². The number of piperidine rings is 1. The molecule has 1 fully saturated rings. The molecule has 20 heteroatoms. The minimum Gasteiger partial charge on any atom is -0.464 e. The number of fused-ring (bicyclic) bond motifs is 1. The van der Waals surface area contributed by atoms with Crippen LogP contribution in [0.3, 0.4) is 0 Å². The number of nitrogens with one attached hydrogen (secondary N) is 2. The Labute approximate surface area is 342 Å². The number of rotatable bonds is 8. The van der Waals surface area contributed by atoms with E-state index in [4.69, 9.17) is 14.2 Å². The number of hydrogen-bond acceptors (Lipinski definition) is 10. The molecular formula is C39H55F3N6O10S. The summed E-state index contributed by atoms with van der Waals surface area (Å²) in [5, 5.41) is 2.51. The molecule has 0 spiro atoms. The third kappa shape index (κ3) is 13.4. The number of alkyl halides is 3. The summed E-state index contributed by atoms with van der Waals surface area (Å²) in [5.74, 6) is -3.55. The molecule has 16 nitrogen and oxygen atoms in total. The monoisotopic (exact) mass is 856 g/mol. The average Bonchev–Trinajstić information content (AvgIpc) is 3.11.